The van der Waals surface area contributed by atoms with Crippen LogP contribution in [0.5, 0.6) is 0 Å². The first-order valence-electron chi connectivity index (χ1n) is 9.90. The molecule has 0 unspecified atom stereocenters. The van der Waals surface area contributed by atoms with Crippen LogP contribution in [0.25, 0.3) is 0 Å². The summed E-state index contributed by atoms with van der Waals surface area (Å²) in [7, 11) is 1.79. The van der Waals surface area contributed by atoms with Crippen molar-refractivity contribution < 1.29 is 14.3 Å². The molecule has 0 aromatic heterocycles. The minimum Gasteiger partial charge on any atom is -0.459 e. The van der Waals surface area contributed by atoms with Gasteiger partial charge in [-0.3, -0.25) is 4.79 Å². The van der Waals surface area contributed by atoms with Gasteiger partial charge in [-0.1, -0.05) is 35.3 Å². The highest BCUT2D eigenvalue weighted by molar-refractivity contribution is 7.80. The zero-order valence-electron chi connectivity index (χ0n) is 18.0. The van der Waals surface area contributed by atoms with Crippen LogP contribution in [-0.4, -0.2) is 35.0 Å². The Kier molecular flexibility index (Phi) is 7.44. The highest BCUT2D eigenvalue weighted by atomic mass is 35.5. The van der Waals surface area contributed by atoms with Gasteiger partial charge in [0.2, 0.25) is 0 Å². The molecule has 0 radical (unpaired) electrons. The molecule has 168 valence electrons. The van der Waals surface area contributed by atoms with E-state index >= 15 is 0 Å². The molecule has 0 fully saturated rings. The lowest BCUT2D eigenvalue weighted by molar-refractivity contribution is -0.143. The Morgan fingerprint density at radius 1 is 1.16 bits per heavy atom. The number of benzene rings is 2. The molecule has 1 atom stereocenters. The van der Waals surface area contributed by atoms with E-state index in [-0.39, 0.29) is 12.0 Å². The van der Waals surface area contributed by atoms with Crippen LogP contribution in [0.1, 0.15) is 42.7 Å². The molecule has 1 heterocycles. The fourth-order valence-corrected chi connectivity index (χ4v) is 3.82. The standard InChI is InChI=1S/C23H23Cl2N3O3S/c1-12(2)31-22(30)19-13(3)28(4)23(32)27-20(19)14-6-5-7-16(10-14)26-21(29)15-8-9-17(24)18(25)11-15/h5-12,20H,1-4H3,(H,26,29)(H,27,32)/t20-/m1/s1. The summed E-state index contributed by atoms with van der Waals surface area (Å²) in [6.45, 7) is 5.42. The first-order chi connectivity index (χ1) is 15.1. The van der Waals surface area contributed by atoms with Crippen LogP contribution in [0, 0.1) is 0 Å². The number of nitrogens with zero attached hydrogens (tertiary/aromatic N) is 1. The lowest BCUT2D eigenvalue weighted by atomic mass is 9.94. The van der Waals surface area contributed by atoms with Crippen molar-refractivity contribution in [2.45, 2.75) is 32.9 Å². The summed E-state index contributed by atoms with van der Waals surface area (Å²) >= 11 is 17.4. The first-order valence-corrected chi connectivity index (χ1v) is 11.1. The molecule has 0 saturated heterocycles. The maximum Gasteiger partial charge on any atom is 0.338 e. The number of hydrogen-bond donors (Lipinski definition) is 2. The number of carbonyl (C=O) groups excluding carboxylic acids is 2. The molecule has 2 aromatic carbocycles. The van der Waals surface area contributed by atoms with Crippen LogP contribution in [-0.2, 0) is 9.53 Å². The summed E-state index contributed by atoms with van der Waals surface area (Å²) in [6.07, 6.45) is -0.264. The van der Waals surface area contributed by atoms with Crippen molar-refractivity contribution in [2.24, 2.45) is 0 Å². The minimum absolute atomic E-state index is 0.264. The second-order valence-corrected chi connectivity index (χ2v) is 8.80. The predicted octanol–water partition coefficient (Wildman–Crippen LogP) is 5.33. The third-order valence-electron chi connectivity index (χ3n) is 4.98. The number of thiocarbonyl (C=S) groups is 1. The van der Waals surface area contributed by atoms with Crippen LogP contribution in [0.2, 0.25) is 10.0 Å². The number of anilines is 1. The minimum atomic E-state index is -0.522. The van der Waals surface area contributed by atoms with Crippen molar-refractivity contribution in [1.82, 2.24) is 10.2 Å². The number of nitrogens with one attached hydrogen (secondary N) is 2. The molecule has 0 aliphatic carbocycles. The summed E-state index contributed by atoms with van der Waals surface area (Å²) in [5.41, 5.74) is 2.85. The topological polar surface area (TPSA) is 70.7 Å². The van der Waals surface area contributed by atoms with Gasteiger partial charge < -0.3 is 20.3 Å². The van der Waals surface area contributed by atoms with Gasteiger partial charge in [0.1, 0.15) is 0 Å². The molecule has 9 heteroatoms. The fraction of sp³-hybridized carbons (Fsp3) is 0.261. The lowest BCUT2D eigenvalue weighted by Gasteiger charge is -2.35. The predicted molar refractivity (Wildman–Crippen MR) is 131 cm³/mol. The molecule has 2 aromatic rings. The molecule has 1 aliphatic heterocycles. The largest absolute Gasteiger partial charge is 0.459 e. The van der Waals surface area contributed by atoms with E-state index in [1.54, 1.807) is 56.1 Å². The van der Waals surface area contributed by atoms with Gasteiger partial charge in [-0.25, -0.2) is 4.79 Å². The Morgan fingerprint density at radius 3 is 2.53 bits per heavy atom. The SMILES string of the molecule is CC1=C(C(=O)OC(C)C)[C@@H](c2cccc(NC(=O)c3ccc(Cl)c(Cl)c3)c2)NC(=S)N1C. The number of hydrogen-bond acceptors (Lipinski definition) is 4. The van der Waals surface area contributed by atoms with Crippen LogP contribution in [0.4, 0.5) is 5.69 Å². The third kappa shape index (κ3) is 5.23. The van der Waals surface area contributed by atoms with E-state index in [4.69, 9.17) is 40.2 Å². The van der Waals surface area contributed by atoms with Gasteiger partial charge in [-0.15, -0.1) is 0 Å². The number of halogens is 2. The Labute approximate surface area is 202 Å². The molecule has 3 rings (SSSR count). The van der Waals surface area contributed by atoms with Crippen LogP contribution in [0.3, 0.4) is 0 Å². The summed E-state index contributed by atoms with van der Waals surface area (Å²) in [4.78, 5) is 27.3. The van der Waals surface area contributed by atoms with Crippen molar-refractivity contribution in [2.75, 3.05) is 12.4 Å². The van der Waals surface area contributed by atoms with Crippen molar-refractivity contribution >= 4 is 58.1 Å². The molecule has 32 heavy (non-hydrogen) atoms. The molecular formula is C23H23Cl2N3O3S. The van der Waals surface area contributed by atoms with E-state index in [0.717, 1.165) is 5.56 Å². The first kappa shape index (κ1) is 24.0. The molecule has 2 N–H and O–H groups in total. The molecule has 0 saturated carbocycles. The average Bonchev–Trinajstić information content (AvgIpc) is 2.73. The van der Waals surface area contributed by atoms with Crippen molar-refractivity contribution in [3.63, 3.8) is 0 Å². The monoisotopic (exact) mass is 491 g/mol. The highest BCUT2D eigenvalue weighted by Crippen LogP contribution is 2.32. The summed E-state index contributed by atoms with van der Waals surface area (Å²) in [5, 5.41) is 7.20. The van der Waals surface area contributed by atoms with E-state index in [0.29, 0.717) is 37.7 Å². The summed E-state index contributed by atoms with van der Waals surface area (Å²) in [5.74, 6) is -0.756. The number of allylic oxidation sites excluding steroid dienone is 1. The van der Waals surface area contributed by atoms with Crippen molar-refractivity contribution in [3.8, 4) is 0 Å². The zero-order chi connectivity index (χ0) is 23.6. The third-order valence-corrected chi connectivity index (χ3v) is 6.11. The smallest absolute Gasteiger partial charge is 0.338 e. The van der Waals surface area contributed by atoms with Gasteiger partial charge in [-0.05, 0) is 68.9 Å². The summed E-state index contributed by atoms with van der Waals surface area (Å²) in [6, 6.07) is 11.3. The van der Waals surface area contributed by atoms with Crippen molar-refractivity contribution in [1.29, 1.82) is 0 Å². The van der Waals surface area contributed by atoms with E-state index < -0.39 is 12.0 Å². The number of ether oxygens (including phenoxy) is 1. The second kappa shape index (κ2) is 9.90. The normalized spacial score (nSPS) is 16.2. The average molecular weight is 492 g/mol. The van der Waals surface area contributed by atoms with Gasteiger partial charge in [0.25, 0.3) is 5.91 Å². The lowest BCUT2D eigenvalue weighted by Crippen LogP contribution is -2.46. The van der Waals surface area contributed by atoms with E-state index in [1.165, 1.54) is 6.07 Å². The Bertz CT molecular complexity index is 1120. The van der Waals surface area contributed by atoms with Gasteiger partial charge in [0, 0.05) is 24.0 Å². The van der Waals surface area contributed by atoms with Crippen LogP contribution >= 0.6 is 35.4 Å². The van der Waals surface area contributed by atoms with E-state index in [9.17, 15) is 9.59 Å². The Morgan fingerprint density at radius 2 is 1.88 bits per heavy atom. The van der Waals surface area contributed by atoms with Crippen molar-refractivity contribution in [3.05, 3.63) is 74.9 Å². The maximum absolute atomic E-state index is 12.9. The maximum atomic E-state index is 12.9. The van der Waals surface area contributed by atoms with E-state index in [2.05, 4.69) is 10.6 Å². The number of amides is 1. The van der Waals surface area contributed by atoms with Crippen LogP contribution in [0.15, 0.2) is 53.7 Å². The molecule has 6 nitrogen and oxygen atoms in total. The number of esters is 1. The number of rotatable bonds is 5. The zero-order valence-corrected chi connectivity index (χ0v) is 20.4. The molecule has 0 bridgehead atoms. The molecular weight excluding hydrogens is 469 g/mol. The molecule has 1 amide bonds. The van der Waals surface area contributed by atoms with Gasteiger partial charge in [0.05, 0.1) is 27.8 Å². The second-order valence-electron chi connectivity index (χ2n) is 7.60. The Hall–Kier alpha value is -2.61. The van der Waals surface area contributed by atoms with Gasteiger partial charge in [0.15, 0.2) is 5.11 Å². The van der Waals surface area contributed by atoms with Crippen LogP contribution < -0.4 is 10.6 Å². The summed E-state index contributed by atoms with van der Waals surface area (Å²) < 4.78 is 5.47. The highest BCUT2D eigenvalue weighted by Gasteiger charge is 2.34. The number of carbonyl (C=O) groups is 2. The quantitative estimate of drug-likeness (QED) is 0.434. The molecule has 0 spiro atoms. The van der Waals surface area contributed by atoms with Gasteiger partial charge >= 0.3 is 5.97 Å². The Balaban J connectivity index is 1.92. The molecule has 1 aliphatic rings. The van der Waals surface area contributed by atoms with Gasteiger partial charge in [-0.2, -0.15) is 0 Å². The fourth-order valence-electron chi connectivity index (χ4n) is 3.26. The van der Waals surface area contributed by atoms with E-state index in [1.807, 2.05) is 13.0 Å².